The Morgan fingerprint density at radius 2 is 1.57 bits per heavy atom. The summed E-state index contributed by atoms with van der Waals surface area (Å²) in [5, 5.41) is 3.93. The molecule has 4 heterocycles. The molecular weight excluding hydrogens is 282 g/mol. The highest BCUT2D eigenvalue weighted by Gasteiger charge is 2.58. The minimum absolute atomic E-state index is 0.410. The van der Waals surface area contributed by atoms with Crippen LogP contribution < -0.4 is 5.32 Å². The first-order valence-electron chi connectivity index (χ1n) is 9.28. The molecule has 130 valence electrons. The summed E-state index contributed by atoms with van der Waals surface area (Å²) in [6.45, 7) is 18.9. The normalized spacial score (nSPS) is 42.1. The topological polar surface area (TPSA) is 18.5 Å². The molecule has 1 N–H and O–H groups in total. The Labute approximate surface area is 142 Å². The summed E-state index contributed by atoms with van der Waals surface area (Å²) in [6.07, 6.45) is 7.12. The van der Waals surface area contributed by atoms with Crippen LogP contribution in [-0.2, 0) is 0 Å². The predicted molar refractivity (Wildman–Crippen MR) is 98.4 cm³/mol. The molecule has 3 heteroatoms. The van der Waals surface area contributed by atoms with Crippen molar-refractivity contribution in [3.63, 3.8) is 0 Å². The van der Waals surface area contributed by atoms with Crippen LogP contribution in [0.2, 0.25) is 0 Å². The van der Waals surface area contributed by atoms with Crippen molar-refractivity contribution in [2.75, 3.05) is 39.4 Å². The smallest absolute Gasteiger partial charge is 0.0507 e. The molecule has 0 unspecified atom stereocenters. The van der Waals surface area contributed by atoms with E-state index in [9.17, 15) is 0 Å². The molecule has 4 bridgehead atoms. The van der Waals surface area contributed by atoms with Gasteiger partial charge < -0.3 is 5.32 Å². The van der Waals surface area contributed by atoms with Crippen LogP contribution in [0.5, 0.6) is 0 Å². The van der Waals surface area contributed by atoms with E-state index in [1.54, 1.807) is 0 Å². The van der Waals surface area contributed by atoms with Gasteiger partial charge in [-0.2, -0.15) is 0 Å². The van der Waals surface area contributed by atoms with Gasteiger partial charge in [-0.05, 0) is 33.6 Å². The Morgan fingerprint density at radius 1 is 1.00 bits per heavy atom. The van der Waals surface area contributed by atoms with Gasteiger partial charge in [0.05, 0.1) is 6.67 Å². The van der Waals surface area contributed by atoms with Crippen molar-refractivity contribution in [2.45, 2.75) is 53.5 Å². The van der Waals surface area contributed by atoms with E-state index < -0.39 is 0 Å². The summed E-state index contributed by atoms with van der Waals surface area (Å²) in [6, 6.07) is 0.643. The number of nitrogens with zero attached hydrogens (tertiary/aromatic N) is 2. The number of nitrogens with one attached hydrogen (secondary N) is 1. The van der Waals surface area contributed by atoms with Gasteiger partial charge >= 0.3 is 0 Å². The van der Waals surface area contributed by atoms with Crippen LogP contribution in [0.1, 0.15) is 47.5 Å². The summed E-state index contributed by atoms with van der Waals surface area (Å²) in [5.41, 5.74) is 3.76. The monoisotopic (exact) mass is 317 g/mol. The fourth-order valence-electron chi connectivity index (χ4n) is 5.48. The van der Waals surface area contributed by atoms with Gasteiger partial charge in [0.15, 0.2) is 0 Å². The van der Waals surface area contributed by atoms with E-state index >= 15 is 0 Å². The average molecular weight is 318 g/mol. The standard InChI is InChI=1S/C20H35N3/c1-16(2)7-6-8-17(3)9-10-21-18-19(4)11-22-13-20(18,5)14-23(12-19)15-22/h7,9,18,21H,6,8,10-15H2,1-5H3/b17-9-. The number of allylic oxidation sites excluding steroid dienone is 3. The maximum absolute atomic E-state index is 3.93. The zero-order valence-electron chi connectivity index (χ0n) is 15.8. The van der Waals surface area contributed by atoms with Crippen molar-refractivity contribution >= 4 is 0 Å². The lowest BCUT2D eigenvalue weighted by Crippen LogP contribution is -2.78. The second-order valence-corrected chi connectivity index (χ2v) is 9.14. The third kappa shape index (κ3) is 3.57. The maximum Gasteiger partial charge on any atom is 0.0507 e. The average Bonchev–Trinajstić information content (AvgIpc) is 2.39. The first-order chi connectivity index (χ1) is 10.8. The molecule has 0 aromatic heterocycles. The van der Waals surface area contributed by atoms with Gasteiger partial charge in [0.1, 0.15) is 0 Å². The molecule has 4 fully saturated rings. The Kier molecular flexibility index (Phi) is 4.74. The van der Waals surface area contributed by atoms with Crippen LogP contribution in [0, 0.1) is 10.8 Å². The molecule has 3 nitrogen and oxygen atoms in total. The summed E-state index contributed by atoms with van der Waals surface area (Å²) < 4.78 is 0. The van der Waals surface area contributed by atoms with Crippen LogP contribution in [0.15, 0.2) is 23.3 Å². The molecule has 4 aliphatic rings. The fourth-order valence-corrected chi connectivity index (χ4v) is 5.48. The molecule has 0 amide bonds. The molecular formula is C20H35N3. The number of hydrogen-bond donors (Lipinski definition) is 1. The van der Waals surface area contributed by atoms with E-state index in [1.807, 2.05) is 0 Å². The summed E-state index contributed by atoms with van der Waals surface area (Å²) in [5.74, 6) is 0. The molecule has 0 radical (unpaired) electrons. The van der Waals surface area contributed by atoms with Gasteiger partial charge in [-0.15, -0.1) is 0 Å². The predicted octanol–water partition coefficient (Wildman–Crippen LogP) is 3.25. The van der Waals surface area contributed by atoms with Gasteiger partial charge in [0.2, 0.25) is 0 Å². The molecule has 4 rings (SSSR count). The molecule has 0 saturated carbocycles. The third-order valence-corrected chi connectivity index (χ3v) is 6.00. The van der Waals surface area contributed by atoms with Gasteiger partial charge in [-0.1, -0.05) is 37.1 Å². The van der Waals surface area contributed by atoms with E-state index in [4.69, 9.17) is 0 Å². The Hall–Kier alpha value is -0.640. The first kappa shape index (κ1) is 17.2. The van der Waals surface area contributed by atoms with Crippen molar-refractivity contribution in [1.29, 1.82) is 0 Å². The number of piperidine rings is 2. The molecule has 0 atom stereocenters. The highest BCUT2D eigenvalue weighted by molar-refractivity contribution is 5.14. The van der Waals surface area contributed by atoms with Crippen molar-refractivity contribution in [2.24, 2.45) is 10.8 Å². The highest BCUT2D eigenvalue weighted by atomic mass is 15.4. The van der Waals surface area contributed by atoms with E-state index in [0.717, 1.165) is 6.54 Å². The molecule has 0 aromatic rings. The molecule has 4 aliphatic heterocycles. The van der Waals surface area contributed by atoms with Crippen molar-refractivity contribution < 1.29 is 0 Å². The van der Waals surface area contributed by atoms with Crippen LogP contribution >= 0.6 is 0 Å². The van der Waals surface area contributed by atoms with E-state index in [0.29, 0.717) is 16.9 Å². The second-order valence-electron chi connectivity index (χ2n) is 9.14. The third-order valence-electron chi connectivity index (χ3n) is 6.00. The van der Waals surface area contributed by atoms with Crippen molar-refractivity contribution in [3.05, 3.63) is 23.3 Å². The molecule has 4 saturated heterocycles. The Bertz CT molecular complexity index is 465. The highest BCUT2D eigenvalue weighted by Crippen LogP contribution is 2.48. The van der Waals surface area contributed by atoms with Crippen LogP contribution in [0.4, 0.5) is 0 Å². The second kappa shape index (κ2) is 6.34. The Balaban J connectivity index is 1.56. The summed E-state index contributed by atoms with van der Waals surface area (Å²) >= 11 is 0. The lowest BCUT2D eigenvalue weighted by atomic mass is 9.60. The lowest BCUT2D eigenvalue weighted by Gasteiger charge is -2.67. The minimum atomic E-state index is 0.410. The zero-order valence-corrected chi connectivity index (χ0v) is 15.8. The van der Waals surface area contributed by atoms with Gasteiger partial charge in [-0.25, -0.2) is 0 Å². The van der Waals surface area contributed by atoms with Crippen LogP contribution in [0.3, 0.4) is 0 Å². The van der Waals surface area contributed by atoms with Crippen LogP contribution in [-0.4, -0.2) is 55.2 Å². The van der Waals surface area contributed by atoms with Gasteiger partial charge in [0, 0.05) is 49.6 Å². The fraction of sp³-hybridized carbons (Fsp3) is 0.800. The largest absolute Gasteiger partial charge is 0.309 e. The summed E-state index contributed by atoms with van der Waals surface area (Å²) in [7, 11) is 0. The van der Waals surface area contributed by atoms with Gasteiger partial charge in [-0.3, -0.25) is 9.80 Å². The Morgan fingerprint density at radius 3 is 2.09 bits per heavy atom. The first-order valence-corrected chi connectivity index (χ1v) is 9.28. The van der Waals surface area contributed by atoms with Gasteiger partial charge in [0.25, 0.3) is 0 Å². The van der Waals surface area contributed by atoms with Crippen molar-refractivity contribution in [1.82, 2.24) is 15.1 Å². The quantitative estimate of drug-likeness (QED) is 0.759. The lowest BCUT2D eigenvalue weighted by molar-refractivity contribution is -0.174. The number of rotatable bonds is 6. The van der Waals surface area contributed by atoms with E-state index in [-0.39, 0.29) is 0 Å². The zero-order chi connectivity index (χ0) is 16.7. The molecule has 0 spiro atoms. The maximum atomic E-state index is 3.93. The minimum Gasteiger partial charge on any atom is -0.309 e. The number of hydrogen-bond acceptors (Lipinski definition) is 3. The molecule has 0 aliphatic carbocycles. The van der Waals surface area contributed by atoms with Crippen LogP contribution in [0.25, 0.3) is 0 Å². The van der Waals surface area contributed by atoms with E-state index in [2.05, 4.69) is 61.9 Å². The van der Waals surface area contributed by atoms with E-state index in [1.165, 1.54) is 56.8 Å². The van der Waals surface area contributed by atoms with Crippen molar-refractivity contribution in [3.8, 4) is 0 Å². The molecule has 0 aromatic carbocycles. The SMILES string of the molecule is CC(C)=CCC/C(C)=C\CNC1C2(C)CN3CN(C2)CC1(C)C3. The summed E-state index contributed by atoms with van der Waals surface area (Å²) in [4.78, 5) is 5.32. The molecule has 23 heavy (non-hydrogen) atoms.